The van der Waals surface area contributed by atoms with Gasteiger partial charge in [0.2, 0.25) is 5.91 Å². The summed E-state index contributed by atoms with van der Waals surface area (Å²) in [7, 11) is 1.57. The third-order valence-corrected chi connectivity index (χ3v) is 5.82. The van der Waals surface area contributed by atoms with Crippen molar-refractivity contribution in [2.24, 2.45) is 0 Å². The Morgan fingerprint density at radius 3 is 2.55 bits per heavy atom. The molecule has 0 fully saturated rings. The molecule has 3 rings (SSSR count). The zero-order chi connectivity index (χ0) is 20.6. The molecule has 2 amide bonds. The molecule has 1 aromatic heterocycles. The quantitative estimate of drug-likeness (QED) is 0.530. The lowest BCUT2D eigenvalue weighted by molar-refractivity contribution is -0.118. The average molecular weight is 432 g/mol. The number of para-hydroxylation sites is 1. The van der Waals surface area contributed by atoms with Crippen molar-refractivity contribution in [2.75, 3.05) is 24.7 Å². The SMILES string of the molecule is CNC(=O)CSc1nc(-c2ccccc2)c(NC(=O)COc2ccccc2F)s1. The molecule has 0 atom stereocenters. The van der Waals surface area contributed by atoms with Gasteiger partial charge in [0.1, 0.15) is 10.7 Å². The lowest BCUT2D eigenvalue weighted by Crippen LogP contribution is -2.20. The van der Waals surface area contributed by atoms with Gasteiger partial charge in [0.15, 0.2) is 22.5 Å². The molecule has 0 spiro atoms. The standard InChI is InChI=1S/C20H18FN3O3S2/c1-22-17(26)12-28-20-24-18(13-7-3-2-4-8-13)19(29-20)23-16(25)11-27-15-10-6-5-9-14(15)21/h2-10H,11-12H2,1H3,(H,22,26)(H,23,25). The fourth-order valence-corrected chi connectivity index (χ4v) is 4.26. The summed E-state index contributed by atoms with van der Waals surface area (Å²) in [6, 6.07) is 15.3. The largest absolute Gasteiger partial charge is 0.481 e. The van der Waals surface area contributed by atoms with E-state index < -0.39 is 11.7 Å². The van der Waals surface area contributed by atoms with Gasteiger partial charge in [0.25, 0.3) is 5.91 Å². The number of thioether (sulfide) groups is 1. The van der Waals surface area contributed by atoms with Crippen molar-refractivity contribution in [2.45, 2.75) is 4.34 Å². The van der Waals surface area contributed by atoms with Crippen molar-refractivity contribution in [1.29, 1.82) is 0 Å². The number of carbonyl (C=O) groups is 2. The van der Waals surface area contributed by atoms with E-state index in [4.69, 9.17) is 4.74 Å². The van der Waals surface area contributed by atoms with Crippen LogP contribution in [-0.4, -0.2) is 36.2 Å². The van der Waals surface area contributed by atoms with Crippen molar-refractivity contribution in [1.82, 2.24) is 10.3 Å². The number of carbonyl (C=O) groups excluding carboxylic acids is 2. The van der Waals surface area contributed by atoms with Gasteiger partial charge in [0.05, 0.1) is 5.75 Å². The molecule has 0 saturated heterocycles. The lowest BCUT2D eigenvalue weighted by Gasteiger charge is -2.08. The Balaban J connectivity index is 1.73. The molecule has 6 nitrogen and oxygen atoms in total. The smallest absolute Gasteiger partial charge is 0.262 e. The second kappa shape index (κ2) is 10.0. The minimum Gasteiger partial charge on any atom is -0.481 e. The van der Waals surface area contributed by atoms with E-state index in [9.17, 15) is 14.0 Å². The van der Waals surface area contributed by atoms with Crippen molar-refractivity contribution in [3.63, 3.8) is 0 Å². The van der Waals surface area contributed by atoms with Crippen molar-refractivity contribution < 1.29 is 18.7 Å². The summed E-state index contributed by atoms with van der Waals surface area (Å²) in [6.07, 6.45) is 0. The van der Waals surface area contributed by atoms with Crippen LogP contribution in [0.15, 0.2) is 58.9 Å². The maximum Gasteiger partial charge on any atom is 0.262 e. The molecular weight excluding hydrogens is 413 g/mol. The number of hydrogen-bond donors (Lipinski definition) is 2. The first kappa shape index (κ1) is 20.8. The molecule has 3 aromatic rings. The highest BCUT2D eigenvalue weighted by Gasteiger charge is 2.17. The summed E-state index contributed by atoms with van der Waals surface area (Å²) in [6.45, 7) is -0.340. The van der Waals surface area contributed by atoms with E-state index >= 15 is 0 Å². The van der Waals surface area contributed by atoms with E-state index in [-0.39, 0.29) is 24.0 Å². The van der Waals surface area contributed by atoms with E-state index in [0.717, 1.165) is 5.56 Å². The van der Waals surface area contributed by atoms with Crippen LogP contribution < -0.4 is 15.4 Å². The molecule has 29 heavy (non-hydrogen) atoms. The van der Waals surface area contributed by atoms with Gasteiger partial charge in [-0.05, 0) is 12.1 Å². The number of nitrogens with zero attached hydrogens (tertiary/aromatic N) is 1. The minimum absolute atomic E-state index is 0.0112. The first-order chi connectivity index (χ1) is 14.1. The molecule has 0 unspecified atom stereocenters. The fourth-order valence-electron chi connectivity index (χ4n) is 2.31. The second-order valence-electron chi connectivity index (χ2n) is 5.75. The molecule has 0 bridgehead atoms. The number of rotatable bonds is 8. The van der Waals surface area contributed by atoms with Gasteiger partial charge < -0.3 is 15.4 Å². The van der Waals surface area contributed by atoms with Crippen LogP contribution in [-0.2, 0) is 9.59 Å². The van der Waals surface area contributed by atoms with Crippen LogP contribution in [0.3, 0.4) is 0 Å². The van der Waals surface area contributed by atoms with Crippen molar-refractivity contribution in [3.8, 4) is 17.0 Å². The zero-order valence-electron chi connectivity index (χ0n) is 15.5. The van der Waals surface area contributed by atoms with Crippen LogP contribution in [0.4, 0.5) is 9.39 Å². The van der Waals surface area contributed by atoms with Crippen molar-refractivity contribution >= 4 is 39.9 Å². The normalized spacial score (nSPS) is 10.4. The molecule has 0 aliphatic carbocycles. The molecule has 0 aliphatic rings. The Morgan fingerprint density at radius 1 is 1.10 bits per heavy atom. The van der Waals surface area contributed by atoms with Crippen molar-refractivity contribution in [3.05, 3.63) is 60.4 Å². The summed E-state index contributed by atoms with van der Waals surface area (Å²) in [5, 5.41) is 5.87. The second-order valence-corrected chi connectivity index (χ2v) is 7.97. The number of aromatic nitrogens is 1. The number of hydrogen-bond acceptors (Lipinski definition) is 6. The van der Waals surface area contributed by atoms with Gasteiger partial charge in [0, 0.05) is 12.6 Å². The Morgan fingerprint density at radius 2 is 1.83 bits per heavy atom. The predicted molar refractivity (Wildman–Crippen MR) is 113 cm³/mol. The highest BCUT2D eigenvalue weighted by Crippen LogP contribution is 2.37. The predicted octanol–water partition coefficient (Wildman–Crippen LogP) is 3.80. The topological polar surface area (TPSA) is 80.3 Å². The van der Waals surface area contributed by atoms with Crippen LogP contribution in [0.2, 0.25) is 0 Å². The summed E-state index contributed by atoms with van der Waals surface area (Å²) in [5.74, 6) is -0.845. The number of anilines is 1. The summed E-state index contributed by atoms with van der Waals surface area (Å²) >= 11 is 2.56. The number of benzene rings is 2. The highest BCUT2D eigenvalue weighted by molar-refractivity contribution is 8.01. The third-order valence-electron chi connectivity index (χ3n) is 3.71. The Labute approximate surface area is 175 Å². The molecule has 2 aromatic carbocycles. The summed E-state index contributed by atoms with van der Waals surface area (Å²) in [5.41, 5.74) is 1.44. The van der Waals surface area contributed by atoms with Crippen LogP contribution in [0.1, 0.15) is 0 Å². The molecule has 0 aliphatic heterocycles. The molecular formula is C20H18FN3O3S2. The molecule has 1 heterocycles. The van der Waals surface area contributed by atoms with E-state index in [2.05, 4.69) is 15.6 Å². The molecule has 9 heteroatoms. The van der Waals surface area contributed by atoms with Crippen LogP contribution in [0.5, 0.6) is 5.75 Å². The van der Waals surface area contributed by atoms with Gasteiger partial charge in [-0.2, -0.15) is 0 Å². The lowest BCUT2D eigenvalue weighted by atomic mass is 10.2. The zero-order valence-corrected chi connectivity index (χ0v) is 17.1. The number of thiazole rings is 1. The van der Waals surface area contributed by atoms with Gasteiger partial charge in [-0.3, -0.25) is 9.59 Å². The minimum atomic E-state index is -0.532. The van der Waals surface area contributed by atoms with Gasteiger partial charge in [-0.25, -0.2) is 9.37 Å². The van der Waals surface area contributed by atoms with Gasteiger partial charge in [-0.1, -0.05) is 65.6 Å². The number of ether oxygens (including phenoxy) is 1. The Kier molecular flexibility index (Phi) is 7.20. The van der Waals surface area contributed by atoms with E-state index in [1.807, 2.05) is 30.3 Å². The van der Waals surface area contributed by atoms with Crippen LogP contribution in [0, 0.1) is 5.82 Å². The van der Waals surface area contributed by atoms with E-state index in [1.54, 1.807) is 19.2 Å². The first-order valence-electron chi connectivity index (χ1n) is 8.63. The number of nitrogens with one attached hydrogen (secondary N) is 2. The van der Waals surface area contributed by atoms with Gasteiger partial charge in [-0.15, -0.1) is 0 Å². The number of amides is 2. The van der Waals surface area contributed by atoms with Crippen LogP contribution in [0.25, 0.3) is 11.3 Å². The molecule has 0 saturated carbocycles. The van der Waals surface area contributed by atoms with E-state index in [0.29, 0.717) is 15.0 Å². The van der Waals surface area contributed by atoms with Gasteiger partial charge >= 0.3 is 0 Å². The fraction of sp³-hybridized carbons (Fsp3) is 0.150. The molecule has 2 N–H and O–H groups in total. The summed E-state index contributed by atoms with van der Waals surface area (Å²) in [4.78, 5) is 28.4. The van der Waals surface area contributed by atoms with Crippen LogP contribution >= 0.6 is 23.1 Å². The summed E-state index contributed by atoms with van der Waals surface area (Å²) < 4.78 is 19.5. The average Bonchev–Trinajstić information content (AvgIpc) is 3.14. The highest BCUT2D eigenvalue weighted by atomic mass is 32.2. The number of halogens is 1. The monoisotopic (exact) mass is 431 g/mol. The molecule has 0 radical (unpaired) electrons. The molecule has 150 valence electrons. The van der Waals surface area contributed by atoms with E-state index in [1.165, 1.54) is 35.2 Å². The third kappa shape index (κ3) is 5.78. The Bertz CT molecular complexity index is 996. The first-order valence-corrected chi connectivity index (χ1v) is 10.4. The maximum absolute atomic E-state index is 13.6. The maximum atomic E-state index is 13.6. The Hall–Kier alpha value is -2.91.